The molecule has 0 aliphatic carbocycles. The number of ether oxygens (including phenoxy) is 1. The molecule has 144 valence electrons. The average Bonchev–Trinajstić information content (AvgIpc) is 3.29. The summed E-state index contributed by atoms with van der Waals surface area (Å²) < 4.78 is 16.3. The number of rotatable bonds is 3. The summed E-state index contributed by atoms with van der Waals surface area (Å²) in [5, 5.41) is 4.43. The number of carbonyl (C=O) groups excluding carboxylic acids is 1. The predicted molar refractivity (Wildman–Crippen MR) is 105 cm³/mol. The van der Waals surface area contributed by atoms with E-state index in [-0.39, 0.29) is 11.2 Å². The highest BCUT2D eigenvalue weighted by Crippen LogP contribution is 2.41. The van der Waals surface area contributed by atoms with E-state index in [1.54, 1.807) is 56.5 Å². The molecule has 1 aliphatic rings. The molecule has 2 aromatic carbocycles. The molecule has 0 fully saturated rings. The number of benzene rings is 2. The fourth-order valence-electron chi connectivity index (χ4n) is 3.72. The Balaban J connectivity index is 1.79. The van der Waals surface area contributed by atoms with E-state index < -0.39 is 11.9 Å². The van der Waals surface area contributed by atoms with Crippen molar-refractivity contribution in [3.63, 3.8) is 0 Å². The number of amides is 1. The average molecular weight is 388 g/mol. The summed E-state index contributed by atoms with van der Waals surface area (Å²) in [6.45, 7) is 1.74. The molecule has 1 atom stereocenters. The van der Waals surface area contributed by atoms with Gasteiger partial charge in [0.2, 0.25) is 5.76 Å². The quantitative estimate of drug-likeness (QED) is 0.530. The molecule has 1 amide bonds. The Morgan fingerprint density at radius 1 is 1.07 bits per heavy atom. The van der Waals surface area contributed by atoms with Crippen molar-refractivity contribution in [2.75, 3.05) is 12.0 Å². The molecule has 7 heteroatoms. The van der Waals surface area contributed by atoms with Crippen LogP contribution >= 0.6 is 0 Å². The Labute approximate surface area is 165 Å². The summed E-state index contributed by atoms with van der Waals surface area (Å²) >= 11 is 0. The van der Waals surface area contributed by atoms with Crippen LogP contribution < -0.4 is 15.1 Å². The number of hydrogen-bond acceptors (Lipinski definition) is 6. The largest absolute Gasteiger partial charge is 0.497 e. The van der Waals surface area contributed by atoms with E-state index in [0.717, 1.165) is 5.56 Å². The molecule has 29 heavy (non-hydrogen) atoms. The van der Waals surface area contributed by atoms with Crippen LogP contribution in [0.5, 0.6) is 5.75 Å². The van der Waals surface area contributed by atoms with Gasteiger partial charge in [-0.1, -0.05) is 29.4 Å². The zero-order valence-electron chi connectivity index (χ0n) is 15.7. The SMILES string of the molecule is COc1ccc([C@H]2c3c(oc4ccccc4c3=O)C(=O)N2c2cc(C)on2)cc1. The molecule has 0 saturated heterocycles. The van der Waals surface area contributed by atoms with Crippen molar-refractivity contribution in [3.05, 3.63) is 87.5 Å². The second kappa shape index (κ2) is 6.34. The fraction of sp³-hybridized carbons (Fsp3) is 0.136. The lowest BCUT2D eigenvalue weighted by atomic mass is 9.98. The van der Waals surface area contributed by atoms with E-state index in [9.17, 15) is 9.59 Å². The number of carbonyl (C=O) groups is 1. The molecule has 2 aromatic heterocycles. The summed E-state index contributed by atoms with van der Waals surface area (Å²) in [5.41, 5.74) is 1.16. The van der Waals surface area contributed by atoms with Crippen LogP contribution in [-0.4, -0.2) is 18.2 Å². The summed E-state index contributed by atoms with van der Waals surface area (Å²) in [6, 6.07) is 15.1. The van der Waals surface area contributed by atoms with E-state index in [1.807, 2.05) is 12.1 Å². The van der Waals surface area contributed by atoms with Gasteiger partial charge in [0.05, 0.1) is 24.1 Å². The molecule has 1 aliphatic heterocycles. The Bertz CT molecular complexity index is 1300. The third kappa shape index (κ3) is 2.55. The van der Waals surface area contributed by atoms with Crippen LogP contribution in [0.2, 0.25) is 0 Å². The van der Waals surface area contributed by atoms with Crippen LogP contribution in [0.3, 0.4) is 0 Å². The molecule has 0 unspecified atom stereocenters. The van der Waals surface area contributed by atoms with E-state index in [0.29, 0.717) is 33.9 Å². The van der Waals surface area contributed by atoms with E-state index in [1.165, 1.54) is 4.90 Å². The lowest BCUT2D eigenvalue weighted by molar-refractivity contribution is 0.0969. The number of aromatic nitrogens is 1. The van der Waals surface area contributed by atoms with Gasteiger partial charge in [-0.25, -0.2) is 0 Å². The fourth-order valence-corrected chi connectivity index (χ4v) is 3.72. The molecule has 0 bridgehead atoms. The van der Waals surface area contributed by atoms with Crippen molar-refractivity contribution in [3.8, 4) is 5.75 Å². The van der Waals surface area contributed by atoms with Crippen molar-refractivity contribution in [1.82, 2.24) is 5.16 Å². The van der Waals surface area contributed by atoms with Crippen molar-refractivity contribution in [2.45, 2.75) is 13.0 Å². The standard InChI is InChI=1S/C22H16N2O5/c1-12-11-17(23-29-12)24-19(13-7-9-14(27-2)10-8-13)18-20(25)15-5-3-4-6-16(15)28-21(18)22(24)26/h3-11,19H,1-2H3/t19-/m0/s1. The number of aryl methyl sites for hydroxylation is 1. The molecule has 3 heterocycles. The molecular weight excluding hydrogens is 372 g/mol. The minimum atomic E-state index is -0.686. The van der Waals surface area contributed by atoms with Gasteiger partial charge in [0.15, 0.2) is 11.2 Å². The smallest absolute Gasteiger partial charge is 0.296 e. The minimum absolute atomic E-state index is 0.0233. The number of methoxy groups -OCH3 is 1. The molecule has 5 rings (SSSR count). The van der Waals surface area contributed by atoms with Gasteiger partial charge >= 0.3 is 0 Å². The van der Waals surface area contributed by atoms with Gasteiger partial charge in [-0.3, -0.25) is 14.5 Å². The molecular formula is C22H16N2O5. The number of anilines is 1. The predicted octanol–water partition coefficient (Wildman–Crippen LogP) is 3.85. The van der Waals surface area contributed by atoms with Gasteiger partial charge < -0.3 is 13.7 Å². The summed E-state index contributed by atoms with van der Waals surface area (Å²) in [6.07, 6.45) is 0. The minimum Gasteiger partial charge on any atom is -0.497 e. The molecule has 4 aromatic rings. The van der Waals surface area contributed by atoms with Crippen LogP contribution in [0, 0.1) is 6.92 Å². The first-order chi connectivity index (χ1) is 14.1. The summed E-state index contributed by atoms with van der Waals surface area (Å²) in [4.78, 5) is 28.1. The monoisotopic (exact) mass is 388 g/mol. The van der Waals surface area contributed by atoms with Gasteiger partial charge in [0.1, 0.15) is 17.1 Å². The highest BCUT2D eigenvalue weighted by Gasteiger charge is 2.44. The zero-order chi connectivity index (χ0) is 20.1. The molecule has 0 saturated carbocycles. The van der Waals surface area contributed by atoms with Crippen molar-refractivity contribution in [2.24, 2.45) is 0 Å². The maximum atomic E-state index is 13.3. The van der Waals surface area contributed by atoms with Gasteiger partial charge in [-0.15, -0.1) is 0 Å². The molecule has 0 radical (unpaired) electrons. The van der Waals surface area contributed by atoms with Crippen molar-refractivity contribution in [1.29, 1.82) is 0 Å². The van der Waals surface area contributed by atoms with E-state index in [2.05, 4.69) is 5.16 Å². The number of nitrogens with zero attached hydrogens (tertiary/aromatic N) is 2. The van der Waals surface area contributed by atoms with Crippen LogP contribution in [-0.2, 0) is 0 Å². The molecule has 0 spiro atoms. The van der Waals surface area contributed by atoms with Gasteiger partial charge in [-0.05, 0) is 36.8 Å². The molecule has 7 nitrogen and oxygen atoms in total. The number of para-hydroxylation sites is 1. The van der Waals surface area contributed by atoms with Crippen molar-refractivity contribution < 1.29 is 18.5 Å². The third-order valence-electron chi connectivity index (χ3n) is 5.07. The van der Waals surface area contributed by atoms with Crippen LogP contribution in [0.15, 0.2) is 68.3 Å². The Hall–Kier alpha value is -3.87. The third-order valence-corrected chi connectivity index (χ3v) is 5.07. The maximum Gasteiger partial charge on any atom is 0.296 e. The second-order valence-electron chi connectivity index (χ2n) is 6.82. The van der Waals surface area contributed by atoms with Crippen molar-refractivity contribution >= 4 is 22.7 Å². The lowest BCUT2D eigenvalue weighted by Crippen LogP contribution is -2.29. The lowest BCUT2D eigenvalue weighted by Gasteiger charge is -2.22. The topological polar surface area (TPSA) is 85.8 Å². The van der Waals surface area contributed by atoms with Crippen LogP contribution in [0.1, 0.15) is 33.5 Å². The number of fused-ring (bicyclic) bond motifs is 2. The second-order valence-corrected chi connectivity index (χ2v) is 6.82. The highest BCUT2D eigenvalue weighted by molar-refractivity contribution is 6.10. The molecule has 0 N–H and O–H groups in total. The van der Waals surface area contributed by atoms with E-state index in [4.69, 9.17) is 13.7 Å². The maximum absolute atomic E-state index is 13.3. The first-order valence-electron chi connectivity index (χ1n) is 9.05. The summed E-state index contributed by atoms with van der Waals surface area (Å²) in [7, 11) is 1.58. The highest BCUT2D eigenvalue weighted by atomic mass is 16.5. The Morgan fingerprint density at radius 3 is 2.52 bits per heavy atom. The van der Waals surface area contributed by atoms with Crippen LogP contribution in [0.25, 0.3) is 11.0 Å². The summed E-state index contributed by atoms with van der Waals surface area (Å²) in [5.74, 6) is 1.14. The Kier molecular flexibility index (Phi) is 3.77. The number of hydrogen-bond donors (Lipinski definition) is 0. The normalized spacial score (nSPS) is 15.7. The van der Waals surface area contributed by atoms with Crippen LogP contribution in [0.4, 0.5) is 5.82 Å². The van der Waals surface area contributed by atoms with Gasteiger partial charge in [-0.2, -0.15) is 0 Å². The van der Waals surface area contributed by atoms with Gasteiger partial charge in [0.25, 0.3) is 5.91 Å². The van der Waals surface area contributed by atoms with E-state index >= 15 is 0 Å². The van der Waals surface area contributed by atoms with Gasteiger partial charge in [0, 0.05) is 6.07 Å². The Morgan fingerprint density at radius 2 is 1.83 bits per heavy atom. The first-order valence-corrected chi connectivity index (χ1v) is 9.05. The first kappa shape index (κ1) is 17.2. The zero-order valence-corrected chi connectivity index (χ0v) is 15.7.